The Kier molecular flexibility index (Phi) is 2.46. The van der Waals surface area contributed by atoms with Gasteiger partial charge in [0, 0.05) is 0 Å². The van der Waals surface area contributed by atoms with E-state index in [2.05, 4.69) is 4.74 Å². The standard InChI is InChI=1S/C11H12O5/c1-15-9(12)7-3-4-8(16-7)11(10(13)14)5-2-6-11/h3-4H,2,5-6H2,1H3,(H,13,14). The summed E-state index contributed by atoms with van der Waals surface area (Å²) in [7, 11) is 1.25. The van der Waals surface area contributed by atoms with Gasteiger partial charge in [0.05, 0.1) is 7.11 Å². The number of aliphatic carboxylic acids is 1. The fourth-order valence-electron chi connectivity index (χ4n) is 1.90. The summed E-state index contributed by atoms with van der Waals surface area (Å²) in [5.41, 5.74) is -0.938. The van der Waals surface area contributed by atoms with Gasteiger partial charge >= 0.3 is 11.9 Å². The van der Waals surface area contributed by atoms with Crippen LogP contribution in [0.5, 0.6) is 0 Å². The van der Waals surface area contributed by atoms with E-state index < -0.39 is 17.4 Å². The number of carboxylic acid groups (broad SMARTS) is 1. The molecule has 0 aliphatic heterocycles. The van der Waals surface area contributed by atoms with Gasteiger partial charge in [-0.3, -0.25) is 4.79 Å². The highest BCUT2D eigenvalue weighted by molar-refractivity contribution is 5.87. The van der Waals surface area contributed by atoms with Gasteiger partial charge in [-0.05, 0) is 25.0 Å². The fraction of sp³-hybridized carbons (Fsp3) is 0.455. The molecule has 16 heavy (non-hydrogen) atoms. The van der Waals surface area contributed by atoms with Crippen LogP contribution in [0, 0.1) is 0 Å². The topological polar surface area (TPSA) is 76.7 Å². The summed E-state index contributed by atoms with van der Waals surface area (Å²) >= 11 is 0. The van der Waals surface area contributed by atoms with Crippen LogP contribution >= 0.6 is 0 Å². The number of ether oxygens (including phenoxy) is 1. The van der Waals surface area contributed by atoms with Crippen LogP contribution in [0.1, 0.15) is 35.6 Å². The van der Waals surface area contributed by atoms with Crippen LogP contribution in [0.3, 0.4) is 0 Å². The lowest BCUT2D eigenvalue weighted by atomic mass is 9.67. The first-order valence-corrected chi connectivity index (χ1v) is 5.02. The Labute approximate surface area is 92.0 Å². The van der Waals surface area contributed by atoms with Crippen molar-refractivity contribution < 1.29 is 23.8 Å². The normalized spacial score (nSPS) is 17.6. The first-order chi connectivity index (χ1) is 7.60. The molecule has 0 unspecified atom stereocenters. The molecule has 1 aliphatic rings. The van der Waals surface area contributed by atoms with Gasteiger partial charge in [-0.2, -0.15) is 0 Å². The lowest BCUT2D eigenvalue weighted by Crippen LogP contribution is -2.41. The highest BCUT2D eigenvalue weighted by Crippen LogP contribution is 2.44. The molecule has 86 valence electrons. The quantitative estimate of drug-likeness (QED) is 0.788. The highest BCUT2D eigenvalue weighted by Gasteiger charge is 2.48. The number of carboxylic acids is 1. The largest absolute Gasteiger partial charge is 0.480 e. The zero-order valence-electron chi connectivity index (χ0n) is 8.86. The molecule has 1 fully saturated rings. The predicted molar refractivity (Wildman–Crippen MR) is 53.2 cm³/mol. The Hall–Kier alpha value is -1.78. The van der Waals surface area contributed by atoms with Crippen molar-refractivity contribution in [1.29, 1.82) is 0 Å². The van der Waals surface area contributed by atoms with Crippen molar-refractivity contribution in [3.8, 4) is 0 Å². The summed E-state index contributed by atoms with van der Waals surface area (Å²) < 4.78 is 9.74. The molecular weight excluding hydrogens is 212 g/mol. The van der Waals surface area contributed by atoms with Gasteiger partial charge in [-0.25, -0.2) is 4.79 Å². The van der Waals surface area contributed by atoms with Crippen LogP contribution < -0.4 is 0 Å². The molecule has 0 bridgehead atoms. The van der Waals surface area contributed by atoms with Crippen LogP contribution in [0.25, 0.3) is 0 Å². The van der Waals surface area contributed by atoms with Gasteiger partial charge in [0.15, 0.2) is 0 Å². The lowest BCUT2D eigenvalue weighted by molar-refractivity contribution is -0.148. The smallest absolute Gasteiger partial charge is 0.373 e. The number of rotatable bonds is 3. The molecule has 5 heteroatoms. The third-order valence-electron chi connectivity index (χ3n) is 3.08. The van der Waals surface area contributed by atoms with Gasteiger partial charge in [-0.15, -0.1) is 0 Å². The van der Waals surface area contributed by atoms with Gasteiger partial charge < -0.3 is 14.3 Å². The molecule has 0 aromatic carbocycles. The molecule has 1 aliphatic carbocycles. The van der Waals surface area contributed by atoms with E-state index in [9.17, 15) is 9.59 Å². The first kappa shape index (κ1) is 10.7. The number of carbonyl (C=O) groups is 2. The molecule has 1 saturated carbocycles. The number of furan rings is 1. The maximum absolute atomic E-state index is 11.2. The molecule has 2 rings (SSSR count). The summed E-state index contributed by atoms with van der Waals surface area (Å²) in [6.07, 6.45) is 1.97. The van der Waals surface area contributed by atoms with E-state index in [1.165, 1.54) is 13.2 Å². The molecule has 1 aromatic rings. The Bertz CT molecular complexity index is 427. The van der Waals surface area contributed by atoms with Crippen LogP contribution in [-0.4, -0.2) is 24.2 Å². The Morgan fingerprint density at radius 2 is 2.12 bits per heavy atom. The molecule has 0 radical (unpaired) electrons. The molecule has 0 amide bonds. The monoisotopic (exact) mass is 224 g/mol. The maximum Gasteiger partial charge on any atom is 0.373 e. The van der Waals surface area contributed by atoms with E-state index in [-0.39, 0.29) is 5.76 Å². The van der Waals surface area contributed by atoms with Crippen LogP contribution in [-0.2, 0) is 14.9 Å². The van der Waals surface area contributed by atoms with Crippen molar-refractivity contribution in [3.63, 3.8) is 0 Å². The van der Waals surface area contributed by atoms with E-state index in [0.717, 1.165) is 6.42 Å². The second-order valence-electron chi connectivity index (χ2n) is 3.90. The molecule has 0 spiro atoms. The number of esters is 1. The zero-order chi connectivity index (χ0) is 11.8. The van der Waals surface area contributed by atoms with Crippen molar-refractivity contribution in [2.24, 2.45) is 0 Å². The molecule has 1 heterocycles. The van der Waals surface area contributed by atoms with E-state index >= 15 is 0 Å². The minimum Gasteiger partial charge on any atom is -0.480 e. The van der Waals surface area contributed by atoms with Crippen molar-refractivity contribution in [1.82, 2.24) is 0 Å². The molecule has 0 atom stereocenters. The predicted octanol–water partition coefficient (Wildman–Crippen LogP) is 1.57. The number of methoxy groups -OCH3 is 1. The summed E-state index contributed by atoms with van der Waals surface area (Å²) in [6, 6.07) is 2.99. The Balaban J connectivity index is 2.31. The second kappa shape index (κ2) is 3.66. The summed E-state index contributed by atoms with van der Waals surface area (Å²) in [5, 5.41) is 9.17. The Morgan fingerprint density at radius 3 is 2.56 bits per heavy atom. The third kappa shape index (κ3) is 1.39. The summed E-state index contributed by atoms with van der Waals surface area (Å²) in [4.78, 5) is 22.3. The SMILES string of the molecule is COC(=O)c1ccc(C2(C(=O)O)CCC2)o1. The van der Waals surface area contributed by atoms with Crippen LogP contribution in [0.4, 0.5) is 0 Å². The minimum absolute atomic E-state index is 0.0463. The van der Waals surface area contributed by atoms with E-state index in [4.69, 9.17) is 9.52 Å². The molecule has 0 saturated heterocycles. The molecular formula is C11H12O5. The van der Waals surface area contributed by atoms with E-state index in [0.29, 0.717) is 18.6 Å². The van der Waals surface area contributed by atoms with Crippen molar-refractivity contribution in [3.05, 3.63) is 23.7 Å². The van der Waals surface area contributed by atoms with Crippen molar-refractivity contribution >= 4 is 11.9 Å². The number of hydrogen-bond donors (Lipinski definition) is 1. The highest BCUT2D eigenvalue weighted by atomic mass is 16.5. The molecule has 1 N–H and O–H groups in total. The van der Waals surface area contributed by atoms with Gasteiger partial charge in [-0.1, -0.05) is 6.42 Å². The zero-order valence-corrected chi connectivity index (χ0v) is 8.86. The number of hydrogen-bond acceptors (Lipinski definition) is 4. The van der Waals surface area contributed by atoms with E-state index in [1.54, 1.807) is 6.07 Å². The fourth-order valence-corrected chi connectivity index (χ4v) is 1.90. The van der Waals surface area contributed by atoms with Crippen LogP contribution in [0.2, 0.25) is 0 Å². The number of carbonyl (C=O) groups excluding carboxylic acids is 1. The van der Waals surface area contributed by atoms with Crippen LogP contribution in [0.15, 0.2) is 16.5 Å². The lowest BCUT2D eigenvalue weighted by Gasteiger charge is -2.35. The maximum atomic E-state index is 11.2. The summed E-state index contributed by atoms with van der Waals surface area (Å²) in [6.45, 7) is 0. The van der Waals surface area contributed by atoms with Crippen molar-refractivity contribution in [2.75, 3.05) is 7.11 Å². The molecule has 5 nitrogen and oxygen atoms in total. The first-order valence-electron chi connectivity index (χ1n) is 5.02. The average Bonchev–Trinajstić information content (AvgIpc) is 2.63. The van der Waals surface area contributed by atoms with Crippen molar-refractivity contribution in [2.45, 2.75) is 24.7 Å². The second-order valence-corrected chi connectivity index (χ2v) is 3.90. The third-order valence-corrected chi connectivity index (χ3v) is 3.08. The van der Waals surface area contributed by atoms with Gasteiger partial charge in [0.25, 0.3) is 0 Å². The summed E-state index contributed by atoms with van der Waals surface area (Å²) in [5.74, 6) is -1.10. The van der Waals surface area contributed by atoms with E-state index in [1.807, 2.05) is 0 Å². The van der Waals surface area contributed by atoms with Gasteiger partial charge in [0.2, 0.25) is 5.76 Å². The minimum atomic E-state index is -0.938. The average molecular weight is 224 g/mol. The molecule has 1 aromatic heterocycles. The van der Waals surface area contributed by atoms with Gasteiger partial charge in [0.1, 0.15) is 11.2 Å². The Morgan fingerprint density at radius 1 is 1.44 bits per heavy atom.